The molecule has 0 amide bonds. The average molecular weight is 360 g/mol. The highest BCUT2D eigenvalue weighted by Crippen LogP contribution is 2.24. The second-order valence-electron chi connectivity index (χ2n) is 5.95. The number of hydrogen-bond acceptors (Lipinski definition) is 4. The van der Waals surface area contributed by atoms with E-state index in [9.17, 15) is 9.90 Å². The van der Waals surface area contributed by atoms with Gasteiger partial charge in [0.15, 0.2) is 5.78 Å². The van der Waals surface area contributed by atoms with Gasteiger partial charge in [-0.15, -0.1) is 0 Å². The van der Waals surface area contributed by atoms with E-state index in [1.54, 1.807) is 44.6 Å². The summed E-state index contributed by atoms with van der Waals surface area (Å²) in [6.07, 6.45) is 3.90. The second-order valence-corrected chi connectivity index (χ2v) is 5.95. The quantitative estimate of drug-likeness (QED) is 0.506. The maximum atomic E-state index is 12.5. The summed E-state index contributed by atoms with van der Waals surface area (Å²) in [4.78, 5) is 12.5. The minimum atomic E-state index is -0.207. The predicted molar refractivity (Wildman–Crippen MR) is 106 cm³/mol. The molecule has 0 radical (unpaired) electrons. The van der Waals surface area contributed by atoms with Gasteiger partial charge in [0.2, 0.25) is 0 Å². The van der Waals surface area contributed by atoms with Crippen LogP contribution < -0.4 is 9.47 Å². The molecule has 0 unspecified atom stereocenters. The van der Waals surface area contributed by atoms with Gasteiger partial charge < -0.3 is 14.6 Å². The van der Waals surface area contributed by atoms with Crippen molar-refractivity contribution in [2.24, 2.45) is 0 Å². The van der Waals surface area contributed by atoms with E-state index in [1.165, 1.54) is 6.07 Å². The number of phenolic OH excluding ortho intramolecular Hbond substituents is 1. The van der Waals surface area contributed by atoms with Gasteiger partial charge in [0, 0.05) is 11.6 Å². The lowest BCUT2D eigenvalue weighted by Gasteiger charge is -2.06. The molecule has 0 spiro atoms. The van der Waals surface area contributed by atoms with E-state index >= 15 is 0 Å². The minimum Gasteiger partial charge on any atom is -0.507 e. The van der Waals surface area contributed by atoms with Crippen LogP contribution in [0, 0.1) is 0 Å². The van der Waals surface area contributed by atoms with Gasteiger partial charge in [-0.1, -0.05) is 48.6 Å². The molecule has 0 saturated heterocycles. The van der Waals surface area contributed by atoms with Crippen LogP contribution in [0.4, 0.5) is 0 Å². The molecule has 0 atom stereocenters. The number of carbonyl (C=O) groups excluding carboxylic acids is 1. The number of benzene rings is 3. The lowest BCUT2D eigenvalue weighted by Crippen LogP contribution is -2.01. The third-order valence-corrected chi connectivity index (χ3v) is 4.16. The molecular weight excluding hydrogens is 340 g/mol. The molecule has 3 aromatic carbocycles. The monoisotopic (exact) mass is 360 g/mol. The van der Waals surface area contributed by atoms with Gasteiger partial charge in [-0.3, -0.25) is 4.79 Å². The average Bonchev–Trinajstić information content (AvgIpc) is 2.72. The molecule has 136 valence electrons. The van der Waals surface area contributed by atoms with Gasteiger partial charge in [0.1, 0.15) is 17.2 Å². The Balaban J connectivity index is 1.79. The van der Waals surface area contributed by atoms with E-state index in [0.29, 0.717) is 11.1 Å². The van der Waals surface area contributed by atoms with E-state index in [2.05, 4.69) is 0 Å². The van der Waals surface area contributed by atoms with E-state index < -0.39 is 0 Å². The zero-order valence-electron chi connectivity index (χ0n) is 15.2. The third kappa shape index (κ3) is 4.36. The molecule has 0 aromatic heterocycles. The molecule has 0 bridgehead atoms. The van der Waals surface area contributed by atoms with Crippen LogP contribution in [-0.4, -0.2) is 25.1 Å². The highest BCUT2D eigenvalue weighted by molar-refractivity contribution is 6.10. The number of methoxy groups -OCH3 is 2. The molecule has 27 heavy (non-hydrogen) atoms. The zero-order valence-corrected chi connectivity index (χ0v) is 15.2. The summed E-state index contributed by atoms with van der Waals surface area (Å²) in [5.74, 6) is 1.22. The standard InChI is InChI=1S/C23H20O4/c1-26-19-13-17(14-20(15-19)27-2)8-7-16-9-11-18(12-10-16)23(25)21-5-3-4-6-22(21)24/h3-15,24H,1-2H3. The molecule has 0 saturated carbocycles. The summed E-state index contributed by atoms with van der Waals surface area (Å²) in [6.45, 7) is 0. The van der Waals surface area contributed by atoms with Crippen LogP contribution in [0.5, 0.6) is 17.2 Å². The molecule has 4 heteroatoms. The Kier molecular flexibility index (Phi) is 5.57. The molecule has 3 rings (SSSR count). The Morgan fingerprint density at radius 3 is 2.00 bits per heavy atom. The molecule has 3 aromatic rings. The van der Waals surface area contributed by atoms with Crippen LogP contribution in [0.3, 0.4) is 0 Å². The maximum absolute atomic E-state index is 12.5. The van der Waals surface area contributed by atoms with Crippen molar-refractivity contribution in [2.45, 2.75) is 0 Å². The third-order valence-electron chi connectivity index (χ3n) is 4.16. The number of aromatic hydroxyl groups is 1. The predicted octanol–water partition coefficient (Wildman–Crippen LogP) is 4.81. The molecule has 4 nitrogen and oxygen atoms in total. The summed E-state index contributed by atoms with van der Waals surface area (Å²) in [7, 11) is 3.23. The Morgan fingerprint density at radius 1 is 0.815 bits per heavy atom. The van der Waals surface area contributed by atoms with Crippen molar-refractivity contribution in [2.75, 3.05) is 14.2 Å². The Hall–Kier alpha value is -3.53. The van der Waals surface area contributed by atoms with Crippen LogP contribution >= 0.6 is 0 Å². The summed E-state index contributed by atoms with van der Waals surface area (Å²) in [5, 5.41) is 9.84. The van der Waals surface area contributed by atoms with E-state index in [4.69, 9.17) is 9.47 Å². The molecule has 0 aliphatic heterocycles. The second kappa shape index (κ2) is 8.23. The van der Waals surface area contributed by atoms with Gasteiger partial charge in [-0.05, 0) is 35.4 Å². The largest absolute Gasteiger partial charge is 0.507 e. The first-order valence-corrected chi connectivity index (χ1v) is 8.44. The number of hydrogen-bond donors (Lipinski definition) is 1. The van der Waals surface area contributed by atoms with Crippen molar-refractivity contribution >= 4 is 17.9 Å². The van der Waals surface area contributed by atoms with Crippen LogP contribution in [0.15, 0.2) is 66.7 Å². The topological polar surface area (TPSA) is 55.8 Å². The van der Waals surface area contributed by atoms with Gasteiger partial charge in [0.25, 0.3) is 0 Å². The first-order chi connectivity index (χ1) is 13.1. The lowest BCUT2D eigenvalue weighted by atomic mass is 10.0. The number of ketones is 1. The van der Waals surface area contributed by atoms with Gasteiger partial charge >= 0.3 is 0 Å². The van der Waals surface area contributed by atoms with Gasteiger partial charge in [-0.25, -0.2) is 0 Å². The van der Waals surface area contributed by atoms with Crippen molar-refractivity contribution < 1.29 is 19.4 Å². The molecule has 0 aliphatic carbocycles. The van der Waals surface area contributed by atoms with Crippen LogP contribution in [0.2, 0.25) is 0 Å². The molecule has 0 heterocycles. The van der Waals surface area contributed by atoms with Crippen molar-refractivity contribution in [3.8, 4) is 17.2 Å². The Labute approximate surface area is 158 Å². The highest BCUT2D eigenvalue weighted by Gasteiger charge is 2.12. The van der Waals surface area contributed by atoms with Gasteiger partial charge in [-0.2, -0.15) is 0 Å². The van der Waals surface area contributed by atoms with Crippen molar-refractivity contribution in [3.05, 3.63) is 89.0 Å². The van der Waals surface area contributed by atoms with Crippen molar-refractivity contribution in [1.29, 1.82) is 0 Å². The summed E-state index contributed by atoms with van der Waals surface area (Å²) < 4.78 is 10.5. The highest BCUT2D eigenvalue weighted by atomic mass is 16.5. The van der Waals surface area contributed by atoms with E-state index in [-0.39, 0.29) is 11.5 Å². The lowest BCUT2D eigenvalue weighted by molar-refractivity contribution is 0.103. The van der Waals surface area contributed by atoms with Crippen molar-refractivity contribution in [3.63, 3.8) is 0 Å². The first-order valence-electron chi connectivity index (χ1n) is 8.44. The first kappa shape index (κ1) is 18.3. The fraction of sp³-hybridized carbons (Fsp3) is 0.0870. The zero-order chi connectivity index (χ0) is 19.2. The fourth-order valence-electron chi connectivity index (χ4n) is 2.68. The number of para-hydroxylation sites is 1. The van der Waals surface area contributed by atoms with E-state index in [0.717, 1.165) is 22.6 Å². The minimum absolute atomic E-state index is 0.0153. The van der Waals surface area contributed by atoms with Gasteiger partial charge in [0.05, 0.1) is 19.8 Å². The van der Waals surface area contributed by atoms with Crippen LogP contribution in [-0.2, 0) is 0 Å². The molecule has 0 aliphatic rings. The van der Waals surface area contributed by atoms with Crippen molar-refractivity contribution in [1.82, 2.24) is 0 Å². The van der Waals surface area contributed by atoms with Crippen LogP contribution in [0.1, 0.15) is 27.0 Å². The number of rotatable bonds is 6. The molecular formula is C23H20O4. The SMILES string of the molecule is COc1cc(C=Cc2ccc(C(=O)c3ccccc3O)cc2)cc(OC)c1. The molecule has 0 fully saturated rings. The fourth-order valence-corrected chi connectivity index (χ4v) is 2.68. The summed E-state index contributed by atoms with van der Waals surface area (Å²) in [5.41, 5.74) is 2.71. The maximum Gasteiger partial charge on any atom is 0.196 e. The summed E-state index contributed by atoms with van der Waals surface area (Å²) >= 11 is 0. The Morgan fingerprint density at radius 2 is 1.41 bits per heavy atom. The summed E-state index contributed by atoms with van der Waals surface area (Å²) in [6, 6.07) is 19.4. The number of phenols is 1. The number of ether oxygens (including phenoxy) is 2. The van der Waals surface area contributed by atoms with Crippen LogP contribution in [0.25, 0.3) is 12.2 Å². The van der Waals surface area contributed by atoms with E-state index in [1.807, 2.05) is 42.5 Å². The molecule has 1 N–H and O–H groups in total. The number of carbonyl (C=O) groups is 1. The Bertz CT molecular complexity index is 950. The normalized spacial score (nSPS) is 10.7. The smallest absolute Gasteiger partial charge is 0.196 e.